The van der Waals surface area contributed by atoms with Crippen molar-refractivity contribution in [1.82, 2.24) is 10.6 Å². The third kappa shape index (κ3) is 15.7. The summed E-state index contributed by atoms with van der Waals surface area (Å²) in [6, 6.07) is 9.71. The number of nitrogens with one attached hydrogen (secondary N) is 2. The Morgan fingerprint density at radius 1 is 0.759 bits per heavy atom. The van der Waals surface area contributed by atoms with E-state index in [2.05, 4.69) is 17.6 Å². The zero-order valence-electron chi connectivity index (χ0n) is 17.9. The lowest BCUT2D eigenvalue weighted by molar-refractivity contribution is -0.145. The first-order valence-corrected chi connectivity index (χ1v) is 11.0. The number of esters is 2. The molecule has 0 spiro atoms. The van der Waals surface area contributed by atoms with Gasteiger partial charge in [-0.15, -0.1) is 0 Å². The van der Waals surface area contributed by atoms with Crippen LogP contribution in [-0.2, 0) is 25.7 Å². The molecule has 164 valence electrons. The van der Waals surface area contributed by atoms with Crippen molar-refractivity contribution >= 4 is 11.9 Å². The summed E-state index contributed by atoms with van der Waals surface area (Å²) in [5, 5.41) is 6.58. The molecule has 0 fully saturated rings. The molecule has 0 saturated carbocycles. The molecule has 0 aliphatic carbocycles. The first kappa shape index (κ1) is 25.1. The lowest BCUT2D eigenvalue weighted by Crippen LogP contribution is -2.21. The Hall–Kier alpha value is -1.92. The topological polar surface area (TPSA) is 76.7 Å². The van der Waals surface area contributed by atoms with Crippen LogP contribution in [0.4, 0.5) is 0 Å². The number of unbranched alkanes of at least 4 members (excludes halogenated alkanes) is 4. The number of rotatable bonds is 18. The molecule has 0 saturated heterocycles. The van der Waals surface area contributed by atoms with Gasteiger partial charge in [0.1, 0.15) is 6.61 Å². The van der Waals surface area contributed by atoms with Crippen molar-refractivity contribution in [2.75, 3.05) is 32.8 Å². The van der Waals surface area contributed by atoms with Gasteiger partial charge in [0.2, 0.25) is 0 Å². The highest BCUT2D eigenvalue weighted by atomic mass is 16.5. The Bertz CT molecular complexity index is 537. The fourth-order valence-corrected chi connectivity index (χ4v) is 2.70. The number of hydrogen-bond donors (Lipinski definition) is 2. The van der Waals surface area contributed by atoms with Crippen molar-refractivity contribution < 1.29 is 19.1 Å². The monoisotopic (exact) mass is 406 g/mol. The predicted molar refractivity (Wildman–Crippen MR) is 116 cm³/mol. The van der Waals surface area contributed by atoms with E-state index in [-0.39, 0.29) is 11.9 Å². The number of carbonyl (C=O) groups excluding carboxylic acids is 2. The van der Waals surface area contributed by atoms with E-state index in [1.165, 1.54) is 0 Å². The Balaban J connectivity index is 1.79. The summed E-state index contributed by atoms with van der Waals surface area (Å²) in [6.45, 7) is 6.16. The second-order valence-corrected chi connectivity index (χ2v) is 7.13. The molecular formula is C23H38N2O4. The fraction of sp³-hybridized carbons (Fsp3) is 0.652. The van der Waals surface area contributed by atoms with Gasteiger partial charge in [-0.2, -0.15) is 0 Å². The Labute approximate surface area is 175 Å². The second-order valence-electron chi connectivity index (χ2n) is 7.13. The Kier molecular flexibility index (Phi) is 15.7. The van der Waals surface area contributed by atoms with Gasteiger partial charge in [0.25, 0.3) is 0 Å². The van der Waals surface area contributed by atoms with Gasteiger partial charge >= 0.3 is 11.9 Å². The molecule has 0 aliphatic heterocycles. The molecule has 1 rings (SSSR count). The maximum atomic E-state index is 11.7. The van der Waals surface area contributed by atoms with Crippen LogP contribution in [0.3, 0.4) is 0 Å². The summed E-state index contributed by atoms with van der Waals surface area (Å²) in [4.78, 5) is 23.1. The summed E-state index contributed by atoms with van der Waals surface area (Å²) in [6.07, 6.45) is 7.36. The molecule has 2 N–H and O–H groups in total. The van der Waals surface area contributed by atoms with Crippen LogP contribution in [0.15, 0.2) is 30.3 Å². The van der Waals surface area contributed by atoms with Crippen molar-refractivity contribution in [3.8, 4) is 0 Å². The smallest absolute Gasteiger partial charge is 0.307 e. The highest BCUT2D eigenvalue weighted by Crippen LogP contribution is 2.02. The van der Waals surface area contributed by atoms with Crippen LogP contribution in [0.2, 0.25) is 0 Å². The maximum Gasteiger partial charge on any atom is 0.307 e. The summed E-state index contributed by atoms with van der Waals surface area (Å²) in [5.41, 5.74) is 1.01. The van der Waals surface area contributed by atoms with Gasteiger partial charge in [0.15, 0.2) is 0 Å². The quantitative estimate of drug-likeness (QED) is 0.287. The van der Waals surface area contributed by atoms with Crippen molar-refractivity contribution in [1.29, 1.82) is 0 Å². The first-order chi connectivity index (χ1) is 14.2. The minimum atomic E-state index is -0.165. The largest absolute Gasteiger partial charge is 0.466 e. The highest BCUT2D eigenvalue weighted by Gasteiger charge is 2.03. The molecule has 0 aliphatic rings. The fourth-order valence-electron chi connectivity index (χ4n) is 2.70. The molecule has 6 heteroatoms. The summed E-state index contributed by atoms with van der Waals surface area (Å²) in [5.74, 6) is -0.275. The van der Waals surface area contributed by atoms with E-state index in [9.17, 15) is 9.59 Å². The van der Waals surface area contributed by atoms with Gasteiger partial charge in [-0.1, -0.05) is 56.5 Å². The third-order valence-electron chi connectivity index (χ3n) is 4.47. The van der Waals surface area contributed by atoms with E-state index in [1.54, 1.807) is 0 Å². The Morgan fingerprint density at radius 2 is 1.34 bits per heavy atom. The van der Waals surface area contributed by atoms with E-state index in [0.717, 1.165) is 57.2 Å². The number of hydrogen-bond acceptors (Lipinski definition) is 6. The lowest BCUT2D eigenvalue weighted by atomic mass is 10.2. The standard InChI is InChI=1S/C23H38N2O4/c1-2-3-19-28-22(26)13-17-24-15-9-4-5-10-16-25-18-14-23(27)29-20-21-11-7-6-8-12-21/h6-8,11-12,24-25H,2-5,9-10,13-20H2,1H3. The average Bonchev–Trinajstić information content (AvgIpc) is 2.74. The van der Waals surface area contributed by atoms with Crippen LogP contribution in [-0.4, -0.2) is 44.7 Å². The predicted octanol–water partition coefficient (Wildman–Crippen LogP) is 3.59. The number of ether oxygens (including phenoxy) is 2. The van der Waals surface area contributed by atoms with Crippen LogP contribution in [0.25, 0.3) is 0 Å². The normalized spacial score (nSPS) is 10.7. The van der Waals surface area contributed by atoms with Crippen LogP contribution in [0, 0.1) is 0 Å². The van der Waals surface area contributed by atoms with Gasteiger partial charge in [-0.3, -0.25) is 9.59 Å². The van der Waals surface area contributed by atoms with Crippen molar-refractivity contribution in [3.05, 3.63) is 35.9 Å². The average molecular weight is 407 g/mol. The summed E-state index contributed by atoms with van der Waals surface area (Å²) < 4.78 is 10.4. The van der Waals surface area contributed by atoms with E-state index < -0.39 is 0 Å². The van der Waals surface area contributed by atoms with E-state index in [4.69, 9.17) is 9.47 Å². The molecule has 0 bridgehead atoms. The van der Waals surface area contributed by atoms with Gasteiger partial charge < -0.3 is 20.1 Å². The second kappa shape index (κ2) is 18.1. The molecule has 0 unspecified atom stereocenters. The number of benzene rings is 1. The zero-order valence-corrected chi connectivity index (χ0v) is 17.9. The highest BCUT2D eigenvalue weighted by molar-refractivity contribution is 5.69. The molecule has 0 heterocycles. The van der Waals surface area contributed by atoms with Gasteiger partial charge in [0, 0.05) is 13.1 Å². The molecule has 6 nitrogen and oxygen atoms in total. The van der Waals surface area contributed by atoms with Gasteiger partial charge in [-0.25, -0.2) is 0 Å². The van der Waals surface area contributed by atoms with E-state index in [0.29, 0.717) is 39.1 Å². The molecule has 0 aromatic heterocycles. The van der Waals surface area contributed by atoms with Crippen LogP contribution in [0.5, 0.6) is 0 Å². The van der Waals surface area contributed by atoms with E-state index in [1.807, 2.05) is 30.3 Å². The molecule has 1 aromatic rings. The van der Waals surface area contributed by atoms with Crippen molar-refractivity contribution in [2.24, 2.45) is 0 Å². The van der Waals surface area contributed by atoms with Gasteiger partial charge in [-0.05, 0) is 37.9 Å². The molecule has 0 atom stereocenters. The maximum absolute atomic E-state index is 11.7. The minimum Gasteiger partial charge on any atom is -0.466 e. The molecular weight excluding hydrogens is 368 g/mol. The Morgan fingerprint density at radius 3 is 1.93 bits per heavy atom. The first-order valence-electron chi connectivity index (χ1n) is 11.0. The zero-order chi connectivity index (χ0) is 21.0. The molecule has 0 radical (unpaired) electrons. The molecule has 29 heavy (non-hydrogen) atoms. The minimum absolute atomic E-state index is 0.110. The third-order valence-corrected chi connectivity index (χ3v) is 4.47. The summed E-state index contributed by atoms with van der Waals surface area (Å²) in [7, 11) is 0. The van der Waals surface area contributed by atoms with Gasteiger partial charge in [0.05, 0.1) is 19.4 Å². The number of carbonyl (C=O) groups is 2. The van der Waals surface area contributed by atoms with Crippen LogP contribution >= 0.6 is 0 Å². The van der Waals surface area contributed by atoms with Crippen LogP contribution in [0.1, 0.15) is 63.9 Å². The van der Waals surface area contributed by atoms with Crippen molar-refractivity contribution in [2.45, 2.75) is 64.9 Å². The van der Waals surface area contributed by atoms with E-state index >= 15 is 0 Å². The lowest BCUT2D eigenvalue weighted by Gasteiger charge is -2.07. The van der Waals surface area contributed by atoms with Crippen LogP contribution < -0.4 is 10.6 Å². The van der Waals surface area contributed by atoms with Crippen molar-refractivity contribution in [3.63, 3.8) is 0 Å². The SMILES string of the molecule is CCCCOC(=O)CCNCCCCCCNCCC(=O)OCc1ccccc1. The summed E-state index contributed by atoms with van der Waals surface area (Å²) >= 11 is 0. The molecule has 0 amide bonds. The molecule has 1 aromatic carbocycles.